The van der Waals surface area contributed by atoms with Crippen molar-refractivity contribution in [2.24, 2.45) is 11.8 Å². The monoisotopic (exact) mass is 711 g/mol. The van der Waals surface area contributed by atoms with E-state index in [4.69, 9.17) is 16.3 Å². The van der Waals surface area contributed by atoms with Crippen molar-refractivity contribution in [1.29, 1.82) is 0 Å². The minimum atomic E-state index is -1.19. The Hall–Kier alpha value is -2.98. The number of anilines is 1. The number of carbonyl (C=O) groups excluding carboxylic acids is 3. The fourth-order valence-corrected chi connectivity index (χ4v) is 8.88. The summed E-state index contributed by atoms with van der Waals surface area (Å²) >= 11 is 10.5. The highest BCUT2D eigenvalue weighted by Gasteiger charge is 2.76. The molecule has 3 aliphatic heterocycles. The molecule has 0 saturated carbocycles. The van der Waals surface area contributed by atoms with E-state index in [2.05, 4.69) is 29.1 Å². The number of fused-ring (bicyclic) bond motifs is 1. The summed E-state index contributed by atoms with van der Waals surface area (Å²) < 4.78 is 6.79. The number of alkyl halides is 1. The van der Waals surface area contributed by atoms with Crippen molar-refractivity contribution >= 4 is 50.9 Å². The SMILES string of the molecule is C=CCN(Cc1ccccc1)C(=O)[C@H]1[C@H]2C(=O)N(CCCCCCO)C(C(=O)N(CC=C)c3c(C)cccc3Cl)C23CC(Br)[C@@H]1O3. The standard InChI is InChI=1S/C36H43BrClN3O5/c1-4-18-39(23-25-15-9-8-10-16-25)33(43)28-29-34(44)41(20-11-6-7-12-21-42)32(36(29)22-26(37)31(28)46-36)35(45)40(19-5-2)30-24(3)14-13-17-27(30)38/h4-5,8-10,13-17,26,28-29,31-32,42H,1-2,6-7,11-12,18-23H2,3H3/t26?,28-,29-,31-,32?,36?/m0/s1. The summed E-state index contributed by atoms with van der Waals surface area (Å²) in [6.45, 7) is 11.0. The maximum Gasteiger partial charge on any atom is 0.253 e. The lowest BCUT2D eigenvalue weighted by Gasteiger charge is -2.38. The van der Waals surface area contributed by atoms with E-state index in [1.165, 1.54) is 0 Å². The van der Waals surface area contributed by atoms with Gasteiger partial charge in [-0.3, -0.25) is 14.4 Å². The number of para-hydroxylation sites is 1. The Labute approximate surface area is 285 Å². The molecule has 3 aliphatic rings. The molecular formula is C36H43BrClN3O5. The number of amides is 3. The fourth-order valence-electron chi connectivity index (χ4n) is 7.62. The van der Waals surface area contributed by atoms with Crippen LogP contribution in [-0.2, 0) is 25.7 Å². The van der Waals surface area contributed by atoms with Crippen molar-refractivity contribution in [3.05, 3.63) is 90.0 Å². The lowest BCUT2D eigenvalue weighted by Crippen LogP contribution is -2.57. The first-order valence-corrected chi connectivity index (χ1v) is 17.3. The van der Waals surface area contributed by atoms with Crippen LogP contribution in [-0.4, -0.2) is 81.4 Å². The van der Waals surface area contributed by atoms with E-state index in [0.717, 1.165) is 24.0 Å². The highest BCUT2D eigenvalue weighted by Crippen LogP contribution is 2.60. The van der Waals surface area contributed by atoms with E-state index in [1.54, 1.807) is 32.9 Å². The molecule has 0 aliphatic carbocycles. The molecule has 3 amide bonds. The number of hydrogen-bond donors (Lipinski definition) is 1. The summed E-state index contributed by atoms with van der Waals surface area (Å²) in [5.41, 5.74) is 1.16. The normalized spacial score (nSPS) is 26.2. The van der Waals surface area contributed by atoms with Gasteiger partial charge in [0, 0.05) is 37.6 Å². The van der Waals surface area contributed by atoms with Crippen LogP contribution in [0, 0.1) is 18.8 Å². The highest BCUT2D eigenvalue weighted by molar-refractivity contribution is 9.09. The third-order valence-electron chi connectivity index (χ3n) is 9.53. The first-order valence-electron chi connectivity index (χ1n) is 16.0. The summed E-state index contributed by atoms with van der Waals surface area (Å²) in [7, 11) is 0. The van der Waals surface area contributed by atoms with E-state index in [1.807, 2.05) is 49.4 Å². The molecule has 1 N–H and O–H groups in total. The third-order valence-corrected chi connectivity index (χ3v) is 10.7. The number of aliphatic hydroxyl groups is 1. The molecule has 3 unspecified atom stereocenters. The molecule has 46 heavy (non-hydrogen) atoms. The van der Waals surface area contributed by atoms with Crippen LogP contribution in [0.15, 0.2) is 73.8 Å². The summed E-state index contributed by atoms with van der Waals surface area (Å²) in [5, 5.41) is 9.69. The van der Waals surface area contributed by atoms with Gasteiger partial charge in [0.05, 0.1) is 28.6 Å². The van der Waals surface area contributed by atoms with E-state index in [9.17, 15) is 19.5 Å². The molecule has 3 saturated heterocycles. The molecular weight excluding hydrogens is 670 g/mol. The van der Waals surface area contributed by atoms with Gasteiger partial charge in [-0.15, -0.1) is 13.2 Å². The Bertz CT molecular complexity index is 1440. The second-order valence-electron chi connectivity index (χ2n) is 12.5. The highest BCUT2D eigenvalue weighted by atomic mass is 79.9. The van der Waals surface area contributed by atoms with Crippen molar-refractivity contribution < 1.29 is 24.2 Å². The zero-order chi connectivity index (χ0) is 33.0. The second kappa shape index (κ2) is 14.8. The Morgan fingerprint density at radius 3 is 2.46 bits per heavy atom. The van der Waals surface area contributed by atoms with Gasteiger partial charge in [-0.2, -0.15) is 0 Å². The van der Waals surface area contributed by atoms with Crippen molar-refractivity contribution in [2.75, 3.05) is 31.1 Å². The Balaban J connectivity index is 1.55. The molecule has 2 aromatic rings. The zero-order valence-electron chi connectivity index (χ0n) is 26.3. The van der Waals surface area contributed by atoms with Crippen LogP contribution in [0.25, 0.3) is 0 Å². The molecule has 2 aromatic carbocycles. The van der Waals surface area contributed by atoms with E-state index < -0.39 is 29.6 Å². The zero-order valence-corrected chi connectivity index (χ0v) is 28.7. The number of hydrogen-bond acceptors (Lipinski definition) is 5. The lowest BCUT2D eigenvalue weighted by atomic mass is 9.70. The smallest absolute Gasteiger partial charge is 0.253 e. The maximum atomic E-state index is 14.9. The number of nitrogens with zero attached hydrogens (tertiary/aromatic N) is 3. The molecule has 6 atom stereocenters. The van der Waals surface area contributed by atoms with E-state index in [-0.39, 0.29) is 35.7 Å². The first-order chi connectivity index (χ1) is 22.2. The van der Waals surface area contributed by atoms with Gasteiger partial charge in [0.2, 0.25) is 11.8 Å². The quantitative estimate of drug-likeness (QED) is 0.146. The predicted octanol–water partition coefficient (Wildman–Crippen LogP) is 5.68. The molecule has 0 aromatic heterocycles. The topological polar surface area (TPSA) is 90.4 Å². The van der Waals surface area contributed by atoms with E-state index in [0.29, 0.717) is 49.6 Å². The number of carbonyl (C=O) groups is 3. The van der Waals surface area contributed by atoms with Crippen LogP contribution >= 0.6 is 27.5 Å². The molecule has 2 bridgehead atoms. The van der Waals surface area contributed by atoms with Crippen LogP contribution in [0.1, 0.15) is 43.2 Å². The van der Waals surface area contributed by atoms with Gasteiger partial charge in [0.15, 0.2) is 0 Å². The van der Waals surface area contributed by atoms with Gasteiger partial charge < -0.3 is 24.5 Å². The Kier molecular flexibility index (Phi) is 11.1. The number of aryl methyl sites for hydroxylation is 1. The molecule has 10 heteroatoms. The lowest BCUT2D eigenvalue weighted by molar-refractivity contribution is -0.145. The Morgan fingerprint density at radius 2 is 1.78 bits per heavy atom. The Morgan fingerprint density at radius 1 is 1.07 bits per heavy atom. The fraction of sp³-hybridized carbons (Fsp3) is 0.472. The van der Waals surface area contributed by atoms with E-state index >= 15 is 0 Å². The summed E-state index contributed by atoms with van der Waals surface area (Å²) in [5.74, 6) is -2.29. The van der Waals surface area contributed by atoms with Crippen molar-refractivity contribution in [3.8, 4) is 0 Å². The van der Waals surface area contributed by atoms with Crippen LogP contribution in [0.2, 0.25) is 5.02 Å². The summed E-state index contributed by atoms with van der Waals surface area (Å²) in [6.07, 6.45) is 6.12. The minimum absolute atomic E-state index is 0.110. The van der Waals surface area contributed by atoms with Gasteiger partial charge in [0.25, 0.3) is 5.91 Å². The molecule has 5 rings (SSSR count). The average Bonchev–Trinajstić information content (AvgIpc) is 3.63. The van der Waals surface area contributed by atoms with Gasteiger partial charge in [0.1, 0.15) is 11.6 Å². The van der Waals surface area contributed by atoms with Crippen LogP contribution in [0.3, 0.4) is 0 Å². The number of halogens is 2. The average molecular weight is 713 g/mol. The van der Waals surface area contributed by atoms with Gasteiger partial charge in [-0.05, 0) is 43.4 Å². The van der Waals surface area contributed by atoms with Gasteiger partial charge in [-0.1, -0.05) is 95.0 Å². The minimum Gasteiger partial charge on any atom is -0.396 e. The molecule has 1 spiro atoms. The molecule has 0 radical (unpaired) electrons. The molecule has 3 fully saturated rings. The number of likely N-dealkylation sites (tertiary alicyclic amines) is 1. The van der Waals surface area contributed by atoms with Crippen LogP contribution in [0.5, 0.6) is 0 Å². The van der Waals surface area contributed by atoms with Crippen LogP contribution in [0.4, 0.5) is 5.69 Å². The van der Waals surface area contributed by atoms with Gasteiger partial charge >= 0.3 is 0 Å². The van der Waals surface area contributed by atoms with Crippen LogP contribution < -0.4 is 4.90 Å². The second-order valence-corrected chi connectivity index (χ2v) is 14.1. The molecule has 8 nitrogen and oxygen atoms in total. The predicted molar refractivity (Wildman–Crippen MR) is 184 cm³/mol. The first kappa shape index (κ1) is 34.4. The number of benzene rings is 2. The third kappa shape index (κ3) is 6.31. The number of aliphatic hydroxyl groups excluding tert-OH is 1. The number of rotatable bonds is 15. The summed E-state index contributed by atoms with van der Waals surface area (Å²) in [4.78, 5) is 48.8. The van der Waals surface area contributed by atoms with Gasteiger partial charge in [-0.25, -0.2) is 0 Å². The maximum absolute atomic E-state index is 14.9. The molecule has 246 valence electrons. The number of unbranched alkanes of at least 4 members (excludes halogenated alkanes) is 3. The largest absolute Gasteiger partial charge is 0.396 e. The van der Waals surface area contributed by atoms with Crippen molar-refractivity contribution in [2.45, 2.75) is 68.1 Å². The van der Waals surface area contributed by atoms with Crippen molar-refractivity contribution in [3.63, 3.8) is 0 Å². The number of ether oxygens (including phenoxy) is 1. The van der Waals surface area contributed by atoms with Crippen molar-refractivity contribution in [1.82, 2.24) is 9.80 Å². The molecule has 3 heterocycles. The summed E-state index contributed by atoms with van der Waals surface area (Å²) in [6, 6.07) is 14.2.